The topological polar surface area (TPSA) is 93.5 Å². The Morgan fingerprint density at radius 2 is 2.08 bits per heavy atom. The first kappa shape index (κ1) is 17.7. The summed E-state index contributed by atoms with van der Waals surface area (Å²) in [5.41, 5.74) is 1.18. The van der Waals surface area contributed by atoms with E-state index < -0.39 is 6.04 Å². The molecule has 1 aromatic carbocycles. The molecular weight excluding hydrogens is 306 g/mol. The van der Waals surface area contributed by atoms with Gasteiger partial charge in [-0.3, -0.25) is 9.59 Å². The molecule has 0 saturated carbocycles. The third-order valence-electron chi connectivity index (χ3n) is 3.90. The van der Waals surface area contributed by atoms with Crippen molar-refractivity contribution < 1.29 is 14.7 Å². The lowest BCUT2D eigenvalue weighted by atomic mass is 10.1. The van der Waals surface area contributed by atoms with Crippen molar-refractivity contribution in [2.75, 3.05) is 6.54 Å². The predicted molar refractivity (Wildman–Crippen MR) is 91.8 cm³/mol. The Kier molecular flexibility index (Phi) is 6.12. The molecule has 2 rings (SSSR count). The van der Waals surface area contributed by atoms with Gasteiger partial charge in [0.2, 0.25) is 11.8 Å². The highest BCUT2D eigenvalue weighted by atomic mass is 16.3. The largest absolute Gasteiger partial charge is 0.512 e. The van der Waals surface area contributed by atoms with Gasteiger partial charge in [0.15, 0.2) is 0 Å². The minimum Gasteiger partial charge on any atom is -0.512 e. The van der Waals surface area contributed by atoms with Crippen LogP contribution in [0.4, 0.5) is 0 Å². The molecule has 128 valence electrons. The van der Waals surface area contributed by atoms with Crippen molar-refractivity contribution in [2.24, 2.45) is 0 Å². The summed E-state index contributed by atoms with van der Waals surface area (Å²) in [5.74, 6) is -0.610. The molecule has 0 bridgehead atoms. The Hall–Kier alpha value is -2.63. The van der Waals surface area contributed by atoms with E-state index in [9.17, 15) is 14.7 Å². The van der Waals surface area contributed by atoms with Gasteiger partial charge in [0.05, 0.1) is 6.42 Å². The Morgan fingerprint density at radius 1 is 1.38 bits per heavy atom. The van der Waals surface area contributed by atoms with Crippen LogP contribution in [0.5, 0.6) is 0 Å². The highest BCUT2D eigenvalue weighted by Crippen LogP contribution is 2.19. The Morgan fingerprint density at radius 3 is 2.75 bits per heavy atom. The summed E-state index contributed by atoms with van der Waals surface area (Å²) in [4.78, 5) is 26.2. The van der Waals surface area contributed by atoms with Crippen molar-refractivity contribution in [1.82, 2.24) is 10.2 Å². The van der Waals surface area contributed by atoms with Crippen LogP contribution in [-0.2, 0) is 16.1 Å². The number of hydrogen-bond acceptors (Lipinski definition) is 4. The van der Waals surface area contributed by atoms with E-state index in [-0.39, 0.29) is 29.7 Å². The highest BCUT2D eigenvalue weighted by Gasteiger charge is 2.33. The SMILES string of the molecule is CC(=N)/C=C(\O)CC(=O)N1CCC[C@H]1C(=O)NCc1ccccc1. The van der Waals surface area contributed by atoms with Crippen LogP contribution in [0, 0.1) is 5.41 Å². The van der Waals surface area contributed by atoms with Gasteiger partial charge in [-0.05, 0) is 31.4 Å². The summed E-state index contributed by atoms with van der Waals surface area (Å²) in [7, 11) is 0. The molecule has 0 aromatic heterocycles. The van der Waals surface area contributed by atoms with Gasteiger partial charge >= 0.3 is 0 Å². The zero-order chi connectivity index (χ0) is 17.5. The fourth-order valence-electron chi connectivity index (χ4n) is 2.80. The smallest absolute Gasteiger partial charge is 0.243 e. The average Bonchev–Trinajstić information content (AvgIpc) is 3.02. The van der Waals surface area contributed by atoms with Crippen LogP contribution in [0.1, 0.15) is 31.7 Å². The van der Waals surface area contributed by atoms with Crippen molar-refractivity contribution >= 4 is 17.5 Å². The van der Waals surface area contributed by atoms with Gasteiger partial charge in [0.25, 0.3) is 0 Å². The van der Waals surface area contributed by atoms with Crippen LogP contribution in [0.3, 0.4) is 0 Å². The predicted octanol–water partition coefficient (Wildman–Crippen LogP) is 2.17. The molecule has 6 nitrogen and oxygen atoms in total. The van der Waals surface area contributed by atoms with E-state index in [0.717, 1.165) is 12.0 Å². The van der Waals surface area contributed by atoms with E-state index >= 15 is 0 Å². The number of rotatable bonds is 6. The van der Waals surface area contributed by atoms with E-state index in [0.29, 0.717) is 19.5 Å². The molecule has 1 atom stereocenters. The number of carbonyl (C=O) groups excluding carboxylic acids is 2. The fourth-order valence-corrected chi connectivity index (χ4v) is 2.80. The molecule has 6 heteroatoms. The van der Waals surface area contributed by atoms with Crippen molar-refractivity contribution in [3.63, 3.8) is 0 Å². The maximum Gasteiger partial charge on any atom is 0.243 e. The summed E-state index contributed by atoms with van der Waals surface area (Å²) in [6.45, 7) is 2.46. The van der Waals surface area contributed by atoms with Gasteiger partial charge in [-0.25, -0.2) is 0 Å². The number of hydrogen-bond donors (Lipinski definition) is 3. The third-order valence-corrected chi connectivity index (χ3v) is 3.90. The number of likely N-dealkylation sites (tertiary alicyclic amines) is 1. The standard InChI is InChI=1S/C18H23N3O3/c1-13(19)10-15(22)11-17(23)21-9-5-8-16(21)18(24)20-12-14-6-3-2-4-7-14/h2-4,6-7,10,16,19,22H,5,8-9,11-12H2,1H3,(H,20,24)/b15-10-,19-13?/t16-/m0/s1. The lowest BCUT2D eigenvalue weighted by Crippen LogP contribution is -2.45. The number of benzene rings is 1. The molecule has 0 aliphatic carbocycles. The van der Waals surface area contributed by atoms with Gasteiger partial charge in [-0.1, -0.05) is 30.3 Å². The van der Waals surface area contributed by atoms with Gasteiger partial charge in [-0.15, -0.1) is 0 Å². The average molecular weight is 329 g/mol. The van der Waals surface area contributed by atoms with E-state index in [4.69, 9.17) is 5.41 Å². The number of aliphatic hydroxyl groups excluding tert-OH is 1. The van der Waals surface area contributed by atoms with Crippen LogP contribution >= 0.6 is 0 Å². The molecule has 0 unspecified atom stereocenters. The number of aliphatic hydroxyl groups is 1. The maximum atomic E-state index is 12.4. The lowest BCUT2D eigenvalue weighted by molar-refractivity contribution is -0.138. The Labute approximate surface area is 141 Å². The molecule has 1 aliphatic rings. The zero-order valence-corrected chi connectivity index (χ0v) is 13.8. The maximum absolute atomic E-state index is 12.4. The van der Waals surface area contributed by atoms with Crippen LogP contribution in [-0.4, -0.2) is 40.1 Å². The molecule has 1 aromatic rings. The van der Waals surface area contributed by atoms with Gasteiger partial charge < -0.3 is 20.7 Å². The second-order valence-corrected chi connectivity index (χ2v) is 5.94. The second kappa shape index (κ2) is 8.29. The van der Waals surface area contributed by atoms with Crippen molar-refractivity contribution in [1.29, 1.82) is 5.41 Å². The van der Waals surface area contributed by atoms with Crippen LogP contribution in [0.15, 0.2) is 42.2 Å². The monoisotopic (exact) mass is 329 g/mol. The zero-order valence-electron chi connectivity index (χ0n) is 13.8. The second-order valence-electron chi connectivity index (χ2n) is 5.94. The number of amides is 2. The number of allylic oxidation sites excluding steroid dienone is 1. The molecule has 0 radical (unpaired) electrons. The quantitative estimate of drug-likeness (QED) is 0.551. The normalized spacial score (nSPS) is 17.6. The Balaban J connectivity index is 1.92. The first-order valence-corrected chi connectivity index (χ1v) is 8.03. The first-order valence-electron chi connectivity index (χ1n) is 8.03. The molecule has 1 saturated heterocycles. The summed E-state index contributed by atoms with van der Waals surface area (Å²) < 4.78 is 0. The van der Waals surface area contributed by atoms with Crippen molar-refractivity contribution in [3.05, 3.63) is 47.7 Å². The highest BCUT2D eigenvalue weighted by molar-refractivity contribution is 5.92. The van der Waals surface area contributed by atoms with Crippen molar-refractivity contribution in [2.45, 2.75) is 38.8 Å². The first-order chi connectivity index (χ1) is 11.5. The van der Waals surface area contributed by atoms with E-state index in [2.05, 4.69) is 5.32 Å². The van der Waals surface area contributed by atoms with Crippen LogP contribution in [0.25, 0.3) is 0 Å². The minimum atomic E-state index is -0.491. The van der Waals surface area contributed by atoms with Gasteiger partial charge in [0, 0.05) is 18.8 Å². The third kappa shape index (κ3) is 4.94. The molecular formula is C18H23N3O3. The van der Waals surface area contributed by atoms with E-state index in [1.54, 1.807) is 0 Å². The molecule has 3 N–H and O–H groups in total. The number of nitrogens with one attached hydrogen (secondary N) is 2. The van der Waals surface area contributed by atoms with Crippen LogP contribution < -0.4 is 5.32 Å². The van der Waals surface area contributed by atoms with Gasteiger partial charge in [-0.2, -0.15) is 0 Å². The lowest BCUT2D eigenvalue weighted by Gasteiger charge is -2.24. The molecule has 24 heavy (non-hydrogen) atoms. The minimum absolute atomic E-state index is 0.150. The summed E-state index contributed by atoms with van der Waals surface area (Å²) in [5, 5.41) is 19.9. The molecule has 0 spiro atoms. The Bertz CT molecular complexity index is 640. The van der Waals surface area contributed by atoms with Crippen LogP contribution in [0.2, 0.25) is 0 Å². The summed E-state index contributed by atoms with van der Waals surface area (Å²) >= 11 is 0. The van der Waals surface area contributed by atoms with E-state index in [1.807, 2.05) is 30.3 Å². The summed E-state index contributed by atoms with van der Waals surface area (Å²) in [6.07, 6.45) is 2.46. The van der Waals surface area contributed by atoms with E-state index in [1.165, 1.54) is 17.9 Å². The van der Waals surface area contributed by atoms with Gasteiger partial charge in [0.1, 0.15) is 11.8 Å². The number of carbonyl (C=O) groups is 2. The molecule has 1 heterocycles. The number of nitrogens with zero attached hydrogens (tertiary/aromatic N) is 1. The molecule has 1 aliphatic heterocycles. The molecule has 2 amide bonds. The van der Waals surface area contributed by atoms with Crippen molar-refractivity contribution in [3.8, 4) is 0 Å². The fraction of sp³-hybridized carbons (Fsp3) is 0.389. The molecule has 1 fully saturated rings. The summed E-state index contributed by atoms with van der Waals surface area (Å²) in [6, 6.07) is 9.11.